The number of ether oxygens (including phenoxy) is 1. The first kappa shape index (κ1) is 19.9. The molecule has 1 aromatic rings. The molecule has 0 N–H and O–H groups in total. The van der Waals surface area contributed by atoms with Crippen LogP contribution in [0.3, 0.4) is 0 Å². The molecular formula is C21H24N2O5S. The Morgan fingerprint density at radius 2 is 1.90 bits per heavy atom. The van der Waals surface area contributed by atoms with E-state index in [2.05, 4.69) is 0 Å². The van der Waals surface area contributed by atoms with Crippen molar-refractivity contribution in [3.63, 3.8) is 0 Å². The van der Waals surface area contributed by atoms with Crippen molar-refractivity contribution in [1.29, 1.82) is 0 Å². The largest absolute Gasteiger partial charge is 0.456 e. The highest BCUT2D eigenvalue weighted by molar-refractivity contribution is 8.00. The molecule has 1 unspecified atom stereocenters. The number of hydrogen-bond acceptors (Lipinski definition) is 6. The summed E-state index contributed by atoms with van der Waals surface area (Å²) in [6.45, 7) is 0.0239. The molecule has 1 amide bonds. The Kier molecular flexibility index (Phi) is 5.89. The number of hydrogen-bond donors (Lipinski definition) is 0. The normalized spacial score (nSPS) is 21.7. The number of β-lactam (4-membered cyclic amide) rings is 1. The van der Waals surface area contributed by atoms with E-state index in [0.717, 1.165) is 17.7 Å². The number of rotatable bonds is 7. The fraction of sp³-hybridized carbons (Fsp3) is 0.524. The first-order valence-corrected chi connectivity index (χ1v) is 11.1. The van der Waals surface area contributed by atoms with Crippen LogP contribution in [-0.4, -0.2) is 38.7 Å². The molecule has 0 radical (unpaired) electrons. The van der Waals surface area contributed by atoms with Crippen molar-refractivity contribution >= 4 is 29.3 Å². The van der Waals surface area contributed by atoms with Gasteiger partial charge >= 0.3 is 5.97 Å². The number of benzene rings is 1. The van der Waals surface area contributed by atoms with E-state index in [4.69, 9.17) is 4.74 Å². The van der Waals surface area contributed by atoms with Gasteiger partial charge in [0.15, 0.2) is 0 Å². The molecule has 154 valence electrons. The number of esters is 1. The van der Waals surface area contributed by atoms with Gasteiger partial charge in [0.2, 0.25) is 5.91 Å². The van der Waals surface area contributed by atoms with Crippen LogP contribution in [0, 0.1) is 10.1 Å². The molecule has 7 nitrogen and oxygen atoms in total. The molecule has 1 aromatic carbocycles. The van der Waals surface area contributed by atoms with E-state index < -0.39 is 10.9 Å². The summed E-state index contributed by atoms with van der Waals surface area (Å²) < 4.78 is 5.47. The fourth-order valence-electron chi connectivity index (χ4n) is 4.26. The van der Waals surface area contributed by atoms with Crippen molar-refractivity contribution < 1.29 is 19.2 Å². The lowest BCUT2D eigenvalue weighted by molar-refractivity contribution is -0.384. The van der Waals surface area contributed by atoms with E-state index in [-0.39, 0.29) is 24.2 Å². The summed E-state index contributed by atoms with van der Waals surface area (Å²) in [5.74, 6) is 0.278. The quantitative estimate of drug-likeness (QED) is 0.289. The lowest BCUT2D eigenvalue weighted by atomic mass is 10.0. The molecule has 1 saturated heterocycles. The molecular weight excluding hydrogens is 392 g/mol. The third-order valence-corrected chi connectivity index (χ3v) is 7.32. The number of nitro benzene ring substituents is 1. The number of non-ortho nitro benzene ring substituents is 1. The van der Waals surface area contributed by atoms with E-state index in [9.17, 15) is 19.7 Å². The number of carbonyl (C=O) groups is 2. The molecule has 8 heteroatoms. The molecule has 3 aliphatic rings. The highest BCUT2D eigenvalue weighted by atomic mass is 32.2. The second-order valence-electron chi connectivity index (χ2n) is 7.85. The summed E-state index contributed by atoms with van der Waals surface area (Å²) in [5, 5.41) is 11.4. The van der Waals surface area contributed by atoms with Gasteiger partial charge < -0.3 is 9.64 Å². The van der Waals surface area contributed by atoms with Crippen LogP contribution in [0.5, 0.6) is 0 Å². The summed E-state index contributed by atoms with van der Waals surface area (Å²) in [6.07, 6.45) is 7.56. The number of thioether (sulfide) groups is 1. The van der Waals surface area contributed by atoms with Crippen LogP contribution >= 0.6 is 11.8 Å². The van der Waals surface area contributed by atoms with Gasteiger partial charge in [0.05, 0.1) is 4.92 Å². The molecule has 2 fully saturated rings. The molecule has 2 aliphatic heterocycles. The number of nitro groups is 1. The van der Waals surface area contributed by atoms with E-state index in [0.29, 0.717) is 22.9 Å². The van der Waals surface area contributed by atoms with Gasteiger partial charge in [0, 0.05) is 35.6 Å². The zero-order valence-corrected chi connectivity index (χ0v) is 17.0. The molecule has 1 aliphatic carbocycles. The van der Waals surface area contributed by atoms with Crippen LogP contribution in [0.15, 0.2) is 35.5 Å². The monoisotopic (exact) mass is 416 g/mol. The maximum atomic E-state index is 12.8. The van der Waals surface area contributed by atoms with Crippen LogP contribution in [0.25, 0.3) is 0 Å². The molecule has 4 rings (SSSR count). The fourth-order valence-corrected chi connectivity index (χ4v) is 5.61. The van der Waals surface area contributed by atoms with Crippen molar-refractivity contribution in [3.8, 4) is 0 Å². The third kappa shape index (κ3) is 4.32. The Labute approximate surface area is 173 Å². The average Bonchev–Trinajstić information content (AvgIpc) is 3.03. The van der Waals surface area contributed by atoms with Gasteiger partial charge in [-0.3, -0.25) is 14.9 Å². The molecule has 1 atom stereocenters. The third-order valence-electron chi connectivity index (χ3n) is 5.86. The van der Waals surface area contributed by atoms with Gasteiger partial charge in [0.1, 0.15) is 12.3 Å². The topological polar surface area (TPSA) is 89.7 Å². The Morgan fingerprint density at radius 1 is 1.17 bits per heavy atom. The van der Waals surface area contributed by atoms with E-state index in [1.807, 2.05) is 11.8 Å². The molecule has 1 saturated carbocycles. The lowest BCUT2D eigenvalue weighted by Crippen LogP contribution is -2.49. The van der Waals surface area contributed by atoms with Crippen LogP contribution in [0.2, 0.25) is 0 Å². The first-order valence-electron chi connectivity index (χ1n) is 10.1. The second kappa shape index (κ2) is 8.57. The van der Waals surface area contributed by atoms with Crippen molar-refractivity contribution in [2.24, 2.45) is 0 Å². The van der Waals surface area contributed by atoms with Crippen LogP contribution in [0.4, 0.5) is 5.69 Å². The van der Waals surface area contributed by atoms with Crippen LogP contribution in [0.1, 0.15) is 50.5 Å². The minimum Gasteiger partial charge on any atom is -0.456 e. The van der Waals surface area contributed by atoms with E-state index in [1.165, 1.54) is 44.2 Å². The van der Waals surface area contributed by atoms with Crippen LogP contribution in [-0.2, 0) is 20.9 Å². The highest BCUT2D eigenvalue weighted by Gasteiger charge is 2.47. The zero-order chi connectivity index (χ0) is 20.4. The summed E-state index contributed by atoms with van der Waals surface area (Å²) in [5.41, 5.74) is 2.11. The highest BCUT2D eigenvalue weighted by Crippen LogP contribution is 2.41. The van der Waals surface area contributed by atoms with Crippen molar-refractivity contribution in [1.82, 2.24) is 4.90 Å². The predicted molar refractivity (Wildman–Crippen MR) is 109 cm³/mol. The Bertz CT molecular complexity index is 845. The number of amides is 1. The Balaban J connectivity index is 1.41. The summed E-state index contributed by atoms with van der Waals surface area (Å²) in [6, 6.07) is 6.03. The average molecular weight is 416 g/mol. The second-order valence-corrected chi connectivity index (χ2v) is 9.14. The van der Waals surface area contributed by atoms with Gasteiger partial charge in [0.25, 0.3) is 5.69 Å². The van der Waals surface area contributed by atoms with Crippen molar-refractivity contribution in [2.75, 3.05) is 5.75 Å². The minimum atomic E-state index is -0.474. The standard InChI is InChI=1S/C21H24N2O5S/c24-19-11-17-10-15(13-29-18-4-2-1-3-5-18)20(22(17)19)21(25)28-12-14-6-8-16(9-7-14)23(26)27/h6-9,17-18H,1-5,10-13H2. The van der Waals surface area contributed by atoms with Crippen molar-refractivity contribution in [3.05, 3.63) is 51.2 Å². The maximum Gasteiger partial charge on any atom is 0.355 e. The SMILES string of the molecule is O=C(OCc1ccc([N+](=O)[O-])cc1)C1=C(CSC2CCCCC2)CC2CC(=O)N12. The zero-order valence-electron chi connectivity index (χ0n) is 16.2. The molecule has 0 aromatic heterocycles. The summed E-state index contributed by atoms with van der Waals surface area (Å²) in [7, 11) is 0. The molecule has 0 bridgehead atoms. The van der Waals surface area contributed by atoms with Gasteiger partial charge in [-0.2, -0.15) is 11.8 Å². The van der Waals surface area contributed by atoms with Crippen LogP contribution < -0.4 is 0 Å². The summed E-state index contributed by atoms with van der Waals surface area (Å²) in [4.78, 5) is 36.7. The number of nitrogens with zero attached hydrogens (tertiary/aromatic N) is 2. The minimum absolute atomic E-state index is 0.00498. The smallest absolute Gasteiger partial charge is 0.355 e. The Morgan fingerprint density at radius 3 is 2.55 bits per heavy atom. The maximum absolute atomic E-state index is 12.8. The van der Waals surface area contributed by atoms with E-state index >= 15 is 0 Å². The predicted octanol–water partition coefficient (Wildman–Crippen LogP) is 3.96. The van der Waals surface area contributed by atoms with Crippen molar-refractivity contribution in [2.45, 2.75) is 62.8 Å². The Hall–Kier alpha value is -2.35. The molecule has 29 heavy (non-hydrogen) atoms. The lowest BCUT2D eigenvalue weighted by Gasteiger charge is -2.35. The summed E-state index contributed by atoms with van der Waals surface area (Å²) >= 11 is 1.90. The first-order chi connectivity index (χ1) is 14.0. The van der Waals surface area contributed by atoms with E-state index in [1.54, 1.807) is 17.0 Å². The van der Waals surface area contributed by atoms with Gasteiger partial charge in [-0.1, -0.05) is 19.3 Å². The number of fused-ring (bicyclic) bond motifs is 1. The van der Waals surface area contributed by atoms with Gasteiger partial charge in [-0.25, -0.2) is 4.79 Å². The van der Waals surface area contributed by atoms with Gasteiger partial charge in [-0.05, 0) is 42.5 Å². The number of carbonyl (C=O) groups excluding carboxylic acids is 2. The van der Waals surface area contributed by atoms with Gasteiger partial charge in [-0.15, -0.1) is 0 Å². The molecule has 0 spiro atoms. The molecule has 2 heterocycles.